The van der Waals surface area contributed by atoms with Crippen molar-refractivity contribution in [3.05, 3.63) is 23.3 Å². The van der Waals surface area contributed by atoms with Crippen LogP contribution >= 0.6 is 0 Å². The molecule has 0 radical (unpaired) electrons. The average Bonchev–Trinajstić information content (AvgIpc) is 2.07. The highest BCUT2D eigenvalue weighted by Gasteiger charge is 2.10. The van der Waals surface area contributed by atoms with E-state index in [4.69, 9.17) is 4.74 Å². The van der Waals surface area contributed by atoms with Gasteiger partial charge in [-0.05, 0) is 25.5 Å². The van der Waals surface area contributed by atoms with Crippen molar-refractivity contribution in [2.45, 2.75) is 20.0 Å². The maximum absolute atomic E-state index is 9.48. The van der Waals surface area contributed by atoms with E-state index in [1.165, 1.54) is 6.07 Å². The monoisotopic (exact) mass is 182 g/mol. The zero-order valence-electron chi connectivity index (χ0n) is 8.03. The predicted molar refractivity (Wildman–Crippen MR) is 50.0 cm³/mol. The van der Waals surface area contributed by atoms with E-state index in [1.807, 2.05) is 6.92 Å². The highest BCUT2D eigenvalue weighted by atomic mass is 16.5. The van der Waals surface area contributed by atoms with Crippen LogP contribution in [0.4, 0.5) is 0 Å². The lowest BCUT2D eigenvalue weighted by atomic mass is 10.1. The summed E-state index contributed by atoms with van der Waals surface area (Å²) in [4.78, 5) is 0. The van der Waals surface area contributed by atoms with E-state index in [2.05, 4.69) is 0 Å². The Labute approximate surface area is 77.6 Å². The number of methoxy groups -OCH3 is 1. The molecule has 0 heterocycles. The predicted octanol–water partition coefficient (Wildman–Crippen LogP) is 1.76. The Morgan fingerprint density at radius 3 is 2.46 bits per heavy atom. The van der Waals surface area contributed by atoms with Crippen molar-refractivity contribution in [3.63, 3.8) is 0 Å². The lowest BCUT2D eigenvalue weighted by Gasteiger charge is -2.11. The van der Waals surface area contributed by atoms with Crippen LogP contribution in [0, 0.1) is 6.92 Å². The molecule has 1 aromatic carbocycles. The number of aliphatic hydroxyl groups excluding tert-OH is 1. The third kappa shape index (κ3) is 1.92. The number of benzene rings is 1. The SMILES string of the molecule is COc1cc(O)c(C(C)O)cc1C. The van der Waals surface area contributed by atoms with Crippen molar-refractivity contribution in [1.82, 2.24) is 0 Å². The Morgan fingerprint density at radius 1 is 1.38 bits per heavy atom. The second-order valence-corrected chi connectivity index (χ2v) is 3.06. The van der Waals surface area contributed by atoms with Crippen LogP contribution in [0.1, 0.15) is 24.2 Å². The Bertz CT molecular complexity index is 305. The van der Waals surface area contributed by atoms with Gasteiger partial charge >= 0.3 is 0 Å². The van der Waals surface area contributed by atoms with Gasteiger partial charge in [-0.2, -0.15) is 0 Å². The summed E-state index contributed by atoms with van der Waals surface area (Å²) in [6, 6.07) is 3.23. The molecule has 0 aliphatic heterocycles. The summed E-state index contributed by atoms with van der Waals surface area (Å²) < 4.78 is 5.02. The van der Waals surface area contributed by atoms with Gasteiger partial charge in [0.25, 0.3) is 0 Å². The van der Waals surface area contributed by atoms with E-state index in [1.54, 1.807) is 20.1 Å². The van der Waals surface area contributed by atoms with Gasteiger partial charge in [0.2, 0.25) is 0 Å². The molecule has 0 aliphatic carbocycles. The summed E-state index contributed by atoms with van der Waals surface area (Å²) >= 11 is 0. The Morgan fingerprint density at radius 2 is 2.00 bits per heavy atom. The van der Waals surface area contributed by atoms with Crippen LogP contribution in [-0.4, -0.2) is 17.3 Å². The fourth-order valence-corrected chi connectivity index (χ4v) is 1.25. The van der Waals surface area contributed by atoms with Crippen LogP contribution in [0.2, 0.25) is 0 Å². The minimum absolute atomic E-state index is 0.0671. The standard InChI is InChI=1S/C10H14O3/c1-6-4-8(7(2)11)9(12)5-10(6)13-3/h4-5,7,11-12H,1-3H3. The number of phenols is 1. The second-order valence-electron chi connectivity index (χ2n) is 3.06. The van der Waals surface area contributed by atoms with Gasteiger partial charge in [0, 0.05) is 11.6 Å². The topological polar surface area (TPSA) is 49.7 Å². The van der Waals surface area contributed by atoms with Crippen molar-refractivity contribution >= 4 is 0 Å². The molecule has 2 N–H and O–H groups in total. The zero-order valence-corrected chi connectivity index (χ0v) is 8.03. The van der Waals surface area contributed by atoms with Crippen LogP contribution in [0.5, 0.6) is 11.5 Å². The summed E-state index contributed by atoms with van der Waals surface area (Å²) in [6.45, 7) is 3.48. The molecule has 3 nitrogen and oxygen atoms in total. The second kappa shape index (κ2) is 3.66. The number of phenolic OH excluding ortho intramolecular Hbond substituents is 1. The maximum Gasteiger partial charge on any atom is 0.125 e. The van der Waals surface area contributed by atoms with E-state index in [-0.39, 0.29) is 5.75 Å². The van der Waals surface area contributed by atoms with Crippen LogP contribution in [-0.2, 0) is 0 Å². The van der Waals surface area contributed by atoms with E-state index >= 15 is 0 Å². The lowest BCUT2D eigenvalue weighted by Crippen LogP contribution is -1.95. The number of aromatic hydroxyl groups is 1. The summed E-state index contributed by atoms with van der Waals surface area (Å²) in [5, 5.41) is 18.8. The van der Waals surface area contributed by atoms with Crippen molar-refractivity contribution in [2.24, 2.45) is 0 Å². The molecule has 0 aliphatic rings. The number of aryl methyl sites for hydroxylation is 1. The number of ether oxygens (including phenoxy) is 1. The van der Waals surface area contributed by atoms with Gasteiger partial charge in [-0.3, -0.25) is 0 Å². The molecule has 13 heavy (non-hydrogen) atoms. The lowest BCUT2D eigenvalue weighted by molar-refractivity contribution is 0.194. The molecule has 1 rings (SSSR count). The Hall–Kier alpha value is -1.22. The molecule has 1 atom stereocenters. The van der Waals surface area contributed by atoms with Gasteiger partial charge < -0.3 is 14.9 Å². The Balaban J connectivity index is 3.20. The van der Waals surface area contributed by atoms with E-state index < -0.39 is 6.10 Å². The average molecular weight is 182 g/mol. The first kappa shape index (κ1) is 9.86. The molecule has 0 fully saturated rings. The minimum Gasteiger partial charge on any atom is -0.507 e. The van der Waals surface area contributed by atoms with Crippen molar-refractivity contribution in [2.75, 3.05) is 7.11 Å². The Kier molecular flexibility index (Phi) is 2.78. The summed E-state index contributed by atoms with van der Waals surface area (Å²) in [5.74, 6) is 0.694. The minimum atomic E-state index is -0.662. The van der Waals surface area contributed by atoms with E-state index in [0.717, 1.165) is 5.56 Å². The van der Waals surface area contributed by atoms with Crippen molar-refractivity contribution < 1.29 is 14.9 Å². The third-order valence-corrected chi connectivity index (χ3v) is 1.99. The normalized spacial score (nSPS) is 12.6. The highest BCUT2D eigenvalue weighted by molar-refractivity contribution is 5.45. The number of aliphatic hydroxyl groups is 1. The van der Waals surface area contributed by atoms with Gasteiger partial charge in [-0.25, -0.2) is 0 Å². The van der Waals surface area contributed by atoms with Gasteiger partial charge in [-0.15, -0.1) is 0 Å². The first-order valence-corrected chi connectivity index (χ1v) is 4.11. The van der Waals surface area contributed by atoms with Crippen LogP contribution in [0.15, 0.2) is 12.1 Å². The number of rotatable bonds is 2. The first-order valence-electron chi connectivity index (χ1n) is 4.11. The van der Waals surface area contributed by atoms with E-state index in [9.17, 15) is 10.2 Å². The molecule has 0 aromatic heterocycles. The molecule has 72 valence electrons. The fourth-order valence-electron chi connectivity index (χ4n) is 1.25. The van der Waals surface area contributed by atoms with Gasteiger partial charge in [0.15, 0.2) is 0 Å². The molecule has 1 aromatic rings. The smallest absolute Gasteiger partial charge is 0.125 e. The first-order chi connectivity index (χ1) is 6.06. The molecule has 3 heteroatoms. The zero-order chi connectivity index (χ0) is 10.0. The summed E-state index contributed by atoms with van der Waals surface area (Å²) in [7, 11) is 1.55. The molecule has 0 spiro atoms. The van der Waals surface area contributed by atoms with Crippen LogP contribution in [0.3, 0.4) is 0 Å². The summed E-state index contributed by atoms with van der Waals surface area (Å²) in [5.41, 5.74) is 1.43. The van der Waals surface area contributed by atoms with E-state index in [0.29, 0.717) is 11.3 Å². The maximum atomic E-state index is 9.48. The number of hydrogen-bond acceptors (Lipinski definition) is 3. The van der Waals surface area contributed by atoms with Crippen LogP contribution in [0.25, 0.3) is 0 Å². The van der Waals surface area contributed by atoms with Crippen molar-refractivity contribution in [1.29, 1.82) is 0 Å². The van der Waals surface area contributed by atoms with Gasteiger partial charge in [-0.1, -0.05) is 0 Å². The third-order valence-electron chi connectivity index (χ3n) is 1.99. The molecular weight excluding hydrogens is 168 g/mol. The molecular formula is C10H14O3. The molecule has 1 unspecified atom stereocenters. The van der Waals surface area contributed by atoms with Crippen LogP contribution < -0.4 is 4.74 Å². The van der Waals surface area contributed by atoms with Crippen molar-refractivity contribution in [3.8, 4) is 11.5 Å². The number of hydrogen-bond donors (Lipinski definition) is 2. The fraction of sp³-hybridized carbons (Fsp3) is 0.400. The molecule has 0 bridgehead atoms. The summed E-state index contributed by atoms with van der Waals surface area (Å²) in [6.07, 6.45) is -0.662. The molecule has 0 amide bonds. The largest absolute Gasteiger partial charge is 0.507 e. The highest BCUT2D eigenvalue weighted by Crippen LogP contribution is 2.31. The molecule has 0 saturated carbocycles. The quantitative estimate of drug-likeness (QED) is 0.732. The molecule has 0 saturated heterocycles. The van der Waals surface area contributed by atoms with Gasteiger partial charge in [0.05, 0.1) is 13.2 Å². The van der Waals surface area contributed by atoms with Gasteiger partial charge in [0.1, 0.15) is 11.5 Å².